The Morgan fingerprint density at radius 1 is 0.562 bits per heavy atom. The van der Waals surface area contributed by atoms with Crippen LogP contribution in [0.15, 0.2) is 91.0 Å². The Morgan fingerprint density at radius 3 is 1.50 bits per heavy atom. The summed E-state index contributed by atoms with van der Waals surface area (Å²) in [4.78, 5) is 0. The van der Waals surface area contributed by atoms with Gasteiger partial charge in [0.15, 0.2) is 6.29 Å². The summed E-state index contributed by atoms with van der Waals surface area (Å²) < 4.78 is 31.2. The van der Waals surface area contributed by atoms with Gasteiger partial charge in [-0.25, -0.2) is 0 Å². The van der Waals surface area contributed by atoms with Crippen LogP contribution in [-0.2, 0) is 43.5 Å². The number of benzene rings is 3. The van der Waals surface area contributed by atoms with Crippen molar-refractivity contribution in [1.82, 2.24) is 0 Å². The lowest BCUT2D eigenvalue weighted by molar-refractivity contribution is -0.268. The van der Waals surface area contributed by atoms with Crippen molar-refractivity contribution in [3.05, 3.63) is 108 Å². The lowest BCUT2D eigenvalue weighted by Gasteiger charge is -2.40. The predicted molar refractivity (Wildman–Crippen MR) is 120 cm³/mol. The van der Waals surface area contributed by atoms with Crippen molar-refractivity contribution < 1.29 is 23.7 Å². The van der Waals surface area contributed by atoms with Gasteiger partial charge in [0.05, 0.1) is 26.4 Å². The van der Waals surface area contributed by atoms with E-state index in [1.54, 1.807) is 0 Å². The Bertz CT molecular complexity index is 892. The van der Waals surface area contributed by atoms with E-state index in [4.69, 9.17) is 23.7 Å². The molecule has 0 N–H and O–H groups in total. The van der Waals surface area contributed by atoms with E-state index in [2.05, 4.69) is 24.3 Å². The normalized spacial score (nSPS) is 26.8. The van der Waals surface area contributed by atoms with E-state index in [1.807, 2.05) is 66.7 Å². The maximum atomic E-state index is 6.44. The molecule has 5 rings (SSSR count). The summed E-state index contributed by atoms with van der Waals surface area (Å²) in [6.45, 7) is 1.88. The molecule has 0 saturated carbocycles. The quantitative estimate of drug-likeness (QED) is 0.498. The highest BCUT2D eigenvalue weighted by atomic mass is 16.8. The van der Waals surface area contributed by atoms with Gasteiger partial charge in [0.25, 0.3) is 0 Å². The van der Waals surface area contributed by atoms with E-state index in [1.165, 1.54) is 0 Å². The molecular formula is C27H28O5. The second-order valence-electron chi connectivity index (χ2n) is 8.16. The van der Waals surface area contributed by atoms with Crippen LogP contribution >= 0.6 is 0 Å². The van der Waals surface area contributed by atoms with Crippen LogP contribution in [0.3, 0.4) is 0 Å². The molecule has 0 radical (unpaired) electrons. The fourth-order valence-electron chi connectivity index (χ4n) is 4.20. The number of ether oxygens (including phenoxy) is 5. The van der Waals surface area contributed by atoms with Gasteiger partial charge < -0.3 is 23.7 Å². The lowest BCUT2D eigenvalue weighted by Crippen LogP contribution is -2.56. The molecule has 2 saturated heterocycles. The van der Waals surface area contributed by atoms with Gasteiger partial charge in [-0.15, -0.1) is 0 Å². The van der Waals surface area contributed by atoms with Gasteiger partial charge >= 0.3 is 0 Å². The van der Waals surface area contributed by atoms with E-state index in [-0.39, 0.29) is 18.3 Å². The average molecular weight is 433 g/mol. The molecule has 2 bridgehead atoms. The molecule has 5 nitrogen and oxygen atoms in total. The average Bonchev–Trinajstić information content (AvgIpc) is 3.29. The molecule has 3 aromatic carbocycles. The molecule has 32 heavy (non-hydrogen) atoms. The molecule has 0 unspecified atom stereocenters. The van der Waals surface area contributed by atoms with Gasteiger partial charge in [-0.2, -0.15) is 0 Å². The topological polar surface area (TPSA) is 46.2 Å². The molecule has 0 aromatic heterocycles. The van der Waals surface area contributed by atoms with Crippen molar-refractivity contribution in [2.75, 3.05) is 6.61 Å². The molecule has 5 heteroatoms. The molecule has 0 aliphatic carbocycles. The van der Waals surface area contributed by atoms with Crippen LogP contribution in [-0.4, -0.2) is 37.3 Å². The van der Waals surface area contributed by atoms with E-state index in [0.717, 1.165) is 16.7 Å². The minimum atomic E-state index is -0.457. The van der Waals surface area contributed by atoms with Crippen LogP contribution in [0.4, 0.5) is 0 Å². The SMILES string of the molecule is c1ccc(CO[C@H]2[C@@H](OCc3ccccc3)[C@@H]3OC[C@@H](O3)[C@H]2OCc2ccccc2)cc1. The fraction of sp³-hybridized carbons (Fsp3) is 0.333. The van der Waals surface area contributed by atoms with Gasteiger partial charge in [0, 0.05) is 0 Å². The standard InChI is InChI=1S/C27H28O5/c1-4-10-20(11-5-1)16-28-24-23-19-31-27(32-23)26(30-18-22-14-8-3-9-15-22)25(24)29-17-21-12-6-2-7-13-21/h1-15,23-27H,16-19H2/t23-,24-,25-,26-,27-/m1/s1. The molecule has 5 atom stereocenters. The first-order chi connectivity index (χ1) is 15.9. The Labute approximate surface area is 188 Å². The van der Waals surface area contributed by atoms with E-state index in [9.17, 15) is 0 Å². The fourth-order valence-corrected chi connectivity index (χ4v) is 4.20. The first kappa shape index (κ1) is 21.3. The van der Waals surface area contributed by atoms with Crippen molar-refractivity contribution in [2.45, 2.75) is 50.5 Å². The van der Waals surface area contributed by atoms with E-state index >= 15 is 0 Å². The summed E-state index contributed by atoms with van der Waals surface area (Å²) in [6, 6.07) is 30.4. The molecule has 3 aromatic rings. The first-order valence-corrected chi connectivity index (χ1v) is 11.1. The zero-order valence-corrected chi connectivity index (χ0v) is 17.9. The third-order valence-corrected chi connectivity index (χ3v) is 5.87. The van der Waals surface area contributed by atoms with Gasteiger partial charge in [0.1, 0.15) is 24.4 Å². The zero-order valence-electron chi connectivity index (χ0n) is 17.9. The van der Waals surface area contributed by atoms with Crippen LogP contribution in [0.1, 0.15) is 16.7 Å². The molecule has 2 heterocycles. The molecule has 0 amide bonds. The number of rotatable bonds is 9. The highest BCUT2D eigenvalue weighted by Gasteiger charge is 2.52. The van der Waals surface area contributed by atoms with Crippen LogP contribution in [0.2, 0.25) is 0 Å². The van der Waals surface area contributed by atoms with Crippen LogP contribution in [0.5, 0.6) is 0 Å². The molecule has 2 aliphatic rings. The third-order valence-electron chi connectivity index (χ3n) is 5.87. The molecule has 166 valence electrons. The van der Waals surface area contributed by atoms with E-state index in [0.29, 0.717) is 26.4 Å². The predicted octanol–water partition coefficient (Wildman–Crippen LogP) is 4.50. The Kier molecular flexibility index (Phi) is 6.92. The Hall–Kier alpha value is -2.54. The van der Waals surface area contributed by atoms with E-state index < -0.39 is 12.4 Å². The van der Waals surface area contributed by atoms with Crippen molar-refractivity contribution in [1.29, 1.82) is 0 Å². The highest BCUT2D eigenvalue weighted by Crippen LogP contribution is 2.35. The minimum Gasteiger partial charge on any atom is -0.368 e. The summed E-state index contributed by atoms with van der Waals surface area (Å²) in [5.41, 5.74) is 3.31. The highest BCUT2D eigenvalue weighted by molar-refractivity contribution is 5.15. The maximum absolute atomic E-state index is 6.44. The number of fused-ring (bicyclic) bond motifs is 2. The van der Waals surface area contributed by atoms with Crippen molar-refractivity contribution >= 4 is 0 Å². The van der Waals surface area contributed by atoms with Crippen molar-refractivity contribution in [3.63, 3.8) is 0 Å². The van der Waals surface area contributed by atoms with Gasteiger partial charge in [-0.3, -0.25) is 0 Å². The molecule has 2 fully saturated rings. The third kappa shape index (κ3) is 5.09. The van der Waals surface area contributed by atoms with Crippen LogP contribution in [0.25, 0.3) is 0 Å². The lowest BCUT2D eigenvalue weighted by atomic mass is 10.00. The molecule has 2 aliphatic heterocycles. The second-order valence-corrected chi connectivity index (χ2v) is 8.16. The van der Waals surface area contributed by atoms with Gasteiger partial charge in [-0.05, 0) is 16.7 Å². The Balaban J connectivity index is 1.33. The summed E-state index contributed by atoms with van der Waals surface area (Å²) in [5, 5.41) is 0. The largest absolute Gasteiger partial charge is 0.368 e. The van der Waals surface area contributed by atoms with Crippen LogP contribution < -0.4 is 0 Å². The van der Waals surface area contributed by atoms with Gasteiger partial charge in [0.2, 0.25) is 0 Å². The molecule has 0 spiro atoms. The summed E-state index contributed by atoms with van der Waals surface area (Å²) in [6.07, 6.45) is -1.63. The van der Waals surface area contributed by atoms with Crippen LogP contribution in [0, 0.1) is 0 Å². The molecular weight excluding hydrogens is 404 g/mol. The van der Waals surface area contributed by atoms with Crippen molar-refractivity contribution in [2.24, 2.45) is 0 Å². The maximum Gasteiger partial charge on any atom is 0.187 e. The summed E-state index contributed by atoms with van der Waals surface area (Å²) in [7, 11) is 0. The second kappa shape index (κ2) is 10.4. The zero-order chi connectivity index (χ0) is 21.6. The minimum absolute atomic E-state index is 0.180. The van der Waals surface area contributed by atoms with Gasteiger partial charge in [-0.1, -0.05) is 91.0 Å². The summed E-state index contributed by atoms with van der Waals surface area (Å²) in [5.74, 6) is 0. The summed E-state index contributed by atoms with van der Waals surface area (Å²) >= 11 is 0. The number of hydrogen-bond acceptors (Lipinski definition) is 5. The number of hydrogen-bond donors (Lipinski definition) is 0. The van der Waals surface area contributed by atoms with Crippen molar-refractivity contribution in [3.8, 4) is 0 Å². The monoisotopic (exact) mass is 432 g/mol. The Morgan fingerprint density at radius 2 is 1.00 bits per heavy atom. The first-order valence-electron chi connectivity index (χ1n) is 11.1. The smallest absolute Gasteiger partial charge is 0.187 e.